The number of halogens is 1. The number of aryl methyl sites for hydroxylation is 1. The Balaban J connectivity index is 2.55. The van der Waals surface area contributed by atoms with Gasteiger partial charge in [-0.3, -0.25) is 4.98 Å². The summed E-state index contributed by atoms with van der Waals surface area (Å²) < 4.78 is 0. The van der Waals surface area contributed by atoms with Crippen molar-refractivity contribution >= 4 is 11.6 Å². The van der Waals surface area contributed by atoms with Crippen molar-refractivity contribution in [2.45, 2.75) is 6.92 Å². The molecular formula is C11H9ClN2. The molecule has 2 aromatic heterocycles. The Morgan fingerprint density at radius 3 is 2.71 bits per heavy atom. The lowest BCUT2D eigenvalue weighted by Crippen LogP contribution is -1.86. The molecule has 0 radical (unpaired) electrons. The van der Waals surface area contributed by atoms with Crippen molar-refractivity contribution in [2.75, 3.05) is 0 Å². The fraction of sp³-hybridized carbons (Fsp3) is 0.0909. The molecule has 70 valence electrons. The number of hydrogen-bond donors (Lipinski definition) is 0. The lowest BCUT2D eigenvalue weighted by atomic mass is 10.1. The van der Waals surface area contributed by atoms with E-state index in [0.29, 0.717) is 5.15 Å². The SMILES string of the molecule is Cc1ncccc1-c1ccnc(Cl)c1. The van der Waals surface area contributed by atoms with Crippen LogP contribution in [0.2, 0.25) is 5.15 Å². The van der Waals surface area contributed by atoms with Crippen molar-refractivity contribution in [3.63, 3.8) is 0 Å². The zero-order chi connectivity index (χ0) is 9.97. The van der Waals surface area contributed by atoms with E-state index >= 15 is 0 Å². The van der Waals surface area contributed by atoms with Crippen molar-refractivity contribution in [1.82, 2.24) is 9.97 Å². The minimum atomic E-state index is 0.505. The van der Waals surface area contributed by atoms with Crippen LogP contribution in [0.4, 0.5) is 0 Å². The van der Waals surface area contributed by atoms with Crippen LogP contribution in [0.25, 0.3) is 11.1 Å². The average molecular weight is 205 g/mol. The maximum Gasteiger partial charge on any atom is 0.129 e. The predicted molar refractivity (Wildman–Crippen MR) is 57.2 cm³/mol. The molecule has 0 saturated carbocycles. The van der Waals surface area contributed by atoms with Crippen LogP contribution in [0.15, 0.2) is 36.7 Å². The summed E-state index contributed by atoms with van der Waals surface area (Å²) in [6.45, 7) is 1.98. The second-order valence-corrected chi connectivity index (χ2v) is 3.39. The van der Waals surface area contributed by atoms with Crippen molar-refractivity contribution in [3.8, 4) is 11.1 Å². The first-order valence-corrected chi connectivity index (χ1v) is 4.69. The molecule has 0 aliphatic rings. The Morgan fingerprint density at radius 2 is 2.00 bits per heavy atom. The van der Waals surface area contributed by atoms with Crippen LogP contribution in [0, 0.1) is 6.92 Å². The van der Waals surface area contributed by atoms with Crippen molar-refractivity contribution in [1.29, 1.82) is 0 Å². The molecule has 0 bridgehead atoms. The van der Waals surface area contributed by atoms with Gasteiger partial charge in [0.2, 0.25) is 0 Å². The maximum absolute atomic E-state index is 5.82. The van der Waals surface area contributed by atoms with Crippen LogP contribution in [0.5, 0.6) is 0 Å². The van der Waals surface area contributed by atoms with E-state index in [4.69, 9.17) is 11.6 Å². The summed E-state index contributed by atoms with van der Waals surface area (Å²) in [5.74, 6) is 0. The molecule has 2 heterocycles. The molecule has 0 saturated heterocycles. The van der Waals surface area contributed by atoms with E-state index in [1.165, 1.54) is 0 Å². The highest BCUT2D eigenvalue weighted by Crippen LogP contribution is 2.22. The fourth-order valence-corrected chi connectivity index (χ4v) is 1.53. The van der Waals surface area contributed by atoms with E-state index in [-0.39, 0.29) is 0 Å². The number of aromatic nitrogens is 2. The lowest BCUT2D eigenvalue weighted by Gasteiger charge is -2.03. The standard InChI is InChI=1S/C11H9ClN2/c1-8-10(3-2-5-13-8)9-4-6-14-11(12)7-9/h2-7H,1H3. The summed E-state index contributed by atoms with van der Waals surface area (Å²) in [7, 11) is 0. The minimum Gasteiger partial charge on any atom is -0.261 e. The highest BCUT2D eigenvalue weighted by molar-refractivity contribution is 6.29. The van der Waals surface area contributed by atoms with Crippen LogP contribution < -0.4 is 0 Å². The summed E-state index contributed by atoms with van der Waals surface area (Å²) in [6.07, 6.45) is 3.48. The maximum atomic E-state index is 5.82. The highest BCUT2D eigenvalue weighted by atomic mass is 35.5. The van der Waals surface area contributed by atoms with Crippen LogP contribution in [0.1, 0.15) is 5.69 Å². The van der Waals surface area contributed by atoms with Gasteiger partial charge < -0.3 is 0 Å². The Bertz CT molecular complexity index is 455. The summed E-state index contributed by atoms with van der Waals surface area (Å²) in [6, 6.07) is 7.70. The molecule has 0 atom stereocenters. The molecule has 0 aliphatic carbocycles. The van der Waals surface area contributed by atoms with Gasteiger partial charge in [-0.2, -0.15) is 0 Å². The molecule has 2 rings (SSSR count). The van der Waals surface area contributed by atoms with Crippen molar-refractivity contribution in [3.05, 3.63) is 47.5 Å². The molecule has 3 heteroatoms. The van der Waals surface area contributed by atoms with Gasteiger partial charge in [0.25, 0.3) is 0 Å². The number of nitrogens with zero attached hydrogens (tertiary/aromatic N) is 2. The second-order valence-electron chi connectivity index (χ2n) is 3.00. The molecule has 0 unspecified atom stereocenters. The molecule has 0 spiro atoms. The van der Waals surface area contributed by atoms with Gasteiger partial charge in [0.05, 0.1) is 0 Å². The van der Waals surface area contributed by atoms with Gasteiger partial charge in [-0.05, 0) is 30.7 Å². The van der Waals surface area contributed by atoms with Gasteiger partial charge in [-0.15, -0.1) is 0 Å². The van der Waals surface area contributed by atoms with Gasteiger partial charge >= 0.3 is 0 Å². The Kier molecular flexibility index (Phi) is 2.46. The summed E-state index contributed by atoms with van der Waals surface area (Å²) >= 11 is 5.82. The van der Waals surface area contributed by atoms with E-state index < -0.39 is 0 Å². The molecule has 0 fully saturated rings. The van der Waals surface area contributed by atoms with Gasteiger partial charge in [-0.1, -0.05) is 17.7 Å². The zero-order valence-electron chi connectivity index (χ0n) is 7.74. The van der Waals surface area contributed by atoms with Crippen LogP contribution in [-0.2, 0) is 0 Å². The molecule has 0 amide bonds. The Morgan fingerprint density at radius 1 is 1.14 bits per heavy atom. The first-order valence-electron chi connectivity index (χ1n) is 4.31. The predicted octanol–water partition coefficient (Wildman–Crippen LogP) is 3.11. The third-order valence-electron chi connectivity index (χ3n) is 2.04. The van der Waals surface area contributed by atoms with Crippen LogP contribution in [0.3, 0.4) is 0 Å². The number of rotatable bonds is 1. The molecule has 14 heavy (non-hydrogen) atoms. The smallest absolute Gasteiger partial charge is 0.129 e. The monoisotopic (exact) mass is 204 g/mol. The van der Waals surface area contributed by atoms with Gasteiger partial charge in [0, 0.05) is 23.7 Å². The average Bonchev–Trinajstić information content (AvgIpc) is 2.18. The summed E-state index contributed by atoms with van der Waals surface area (Å²) in [5.41, 5.74) is 3.14. The minimum absolute atomic E-state index is 0.505. The van der Waals surface area contributed by atoms with Crippen molar-refractivity contribution < 1.29 is 0 Å². The second kappa shape index (κ2) is 3.76. The lowest BCUT2D eigenvalue weighted by molar-refractivity contribution is 1.20. The Labute approximate surface area is 87.6 Å². The van der Waals surface area contributed by atoms with Gasteiger partial charge in [0.1, 0.15) is 5.15 Å². The summed E-state index contributed by atoms with van der Waals surface area (Å²) in [4.78, 5) is 8.16. The van der Waals surface area contributed by atoms with E-state index in [0.717, 1.165) is 16.8 Å². The molecule has 0 aliphatic heterocycles. The Hall–Kier alpha value is -1.41. The van der Waals surface area contributed by atoms with E-state index in [1.807, 2.05) is 31.2 Å². The molecule has 0 N–H and O–H groups in total. The number of hydrogen-bond acceptors (Lipinski definition) is 2. The molecular weight excluding hydrogens is 196 g/mol. The van der Waals surface area contributed by atoms with E-state index in [2.05, 4.69) is 9.97 Å². The largest absolute Gasteiger partial charge is 0.261 e. The third-order valence-corrected chi connectivity index (χ3v) is 2.25. The first kappa shape index (κ1) is 9.16. The zero-order valence-corrected chi connectivity index (χ0v) is 8.49. The molecule has 0 aromatic carbocycles. The molecule has 2 aromatic rings. The quantitative estimate of drug-likeness (QED) is 0.667. The van der Waals surface area contributed by atoms with Crippen molar-refractivity contribution in [2.24, 2.45) is 0 Å². The summed E-state index contributed by atoms with van der Waals surface area (Å²) in [5, 5.41) is 0.505. The number of pyridine rings is 2. The third kappa shape index (κ3) is 1.75. The fourth-order valence-electron chi connectivity index (χ4n) is 1.36. The van der Waals surface area contributed by atoms with Crippen LogP contribution in [-0.4, -0.2) is 9.97 Å². The topological polar surface area (TPSA) is 25.8 Å². The first-order chi connectivity index (χ1) is 6.77. The van der Waals surface area contributed by atoms with Gasteiger partial charge in [-0.25, -0.2) is 4.98 Å². The normalized spacial score (nSPS) is 10.1. The highest BCUT2D eigenvalue weighted by Gasteiger charge is 2.02. The van der Waals surface area contributed by atoms with Gasteiger partial charge in [0.15, 0.2) is 0 Å². The van der Waals surface area contributed by atoms with Crippen LogP contribution >= 0.6 is 11.6 Å². The molecule has 2 nitrogen and oxygen atoms in total. The van der Waals surface area contributed by atoms with E-state index in [9.17, 15) is 0 Å². The van der Waals surface area contributed by atoms with E-state index in [1.54, 1.807) is 12.4 Å².